The van der Waals surface area contributed by atoms with Gasteiger partial charge in [-0.25, -0.2) is 4.68 Å². The second-order valence-electron chi connectivity index (χ2n) is 13.1. The lowest BCUT2D eigenvalue weighted by Gasteiger charge is -2.60. The van der Waals surface area contributed by atoms with Crippen molar-refractivity contribution in [3.8, 4) is 5.69 Å². The van der Waals surface area contributed by atoms with Gasteiger partial charge in [-0.2, -0.15) is 5.10 Å². The summed E-state index contributed by atoms with van der Waals surface area (Å²) in [6.45, 7) is 12.7. The van der Waals surface area contributed by atoms with Crippen molar-refractivity contribution in [1.29, 1.82) is 0 Å². The predicted octanol–water partition coefficient (Wildman–Crippen LogP) is 6.73. The molecular weight excluding hydrogens is 416 g/mol. The molecule has 0 unspecified atom stereocenters. The SMILES string of the molecule is C[C@H](CO)[C@H]1CC[C@H]2[C@@H]3CC=C4C(C)(C)c5c(cnn5-c5ccccc5)C[C@]4(C)[C@H]3CC[C@]12C. The molecule has 7 atom stereocenters. The van der Waals surface area contributed by atoms with Crippen LogP contribution in [0.3, 0.4) is 0 Å². The first kappa shape index (κ1) is 22.6. The second-order valence-corrected chi connectivity index (χ2v) is 13.1. The van der Waals surface area contributed by atoms with Crippen LogP contribution in [0.1, 0.15) is 78.0 Å². The largest absolute Gasteiger partial charge is 0.396 e. The summed E-state index contributed by atoms with van der Waals surface area (Å²) in [6, 6.07) is 10.7. The number of benzene rings is 1. The van der Waals surface area contributed by atoms with Gasteiger partial charge in [0.1, 0.15) is 0 Å². The van der Waals surface area contributed by atoms with E-state index in [4.69, 9.17) is 5.10 Å². The first-order chi connectivity index (χ1) is 16.2. The van der Waals surface area contributed by atoms with Gasteiger partial charge in [0.05, 0.1) is 17.6 Å². The van der Waals surface area contributed by atoms with E-state index < -0.39 is 0 Å². The molecule has 1 heterocycles. The number of allylic oxidation sites excluding steroid dienone is 2. The maximum absolute atomic E-state index is 9.95. The molecule has 2 aromatic rings. The monoisotopic (exact) mass is 458 g/mol. The van der Waals surface area contributed by atoms with E-state index in [-0.39, 0.29) is 10.8 Å². The minimum atomic E-state index is -0.0238. The molecule has 1 aromatic heterocycles. The normalized spacial score (nSPS) is 38.8. The minimum Gasteiger partial charge on any atom is -0.396 e. The number of nitrogens with zero attached hydrogens (tertiary/aromatic N) is 2. The smallest absolute Gasteiger partial charge is 0.0649 e. The van der Waals surface area contributed by atoms with Gasteiger partial charge in [0.2, 0.25) is 0 Å². The molecule has 0 aliphatic heterocycles. The highest BCUT2D eigenvalue weighted by Crippen LogP contribution is 2.68. The molecular formula is C31H42N2O. The first-order valence-corrected chi connectivity index (χ1v) is 13.7. The Kier molecular flexibility index (Phi) is 5.02. The number of hydrogen-bond acceptors (Lipinski definition) is 2. The van der Waals surface area contributed by atoms with Crippen LogP contribution in [0.2, 0.25) is 0 Å². The van der Waals surface area contributed by atoms with Crippen LogP contribution in [0.25, 0.3) is 5.69 Å². The molecule has 0 bridgehead atoms. The lowest BCUT2D eigenvalue weighted by Crippen LogP contribution is -2.54. The number of fused-ring (bicyclic) bond motifs is 6. The Labute approximate surface area is 205 Å². The Hall–Kier alpha value is -1.87. The molecule has 0 saturated heterocycles. The van der Waals surface area contributed by atoms with E-state index in [0.717, 1.165) is 29.9 Å². The zero-order chi connectivity index (χ0) is 23.9. The molecule has 3 heteroatoms. The zero-order valence-electron chi connectivity index (χ0n) is 21.7. The van der Waals surface area contributed by atoms with Crippen molar-refractivity contribution in [3.63, 3.8) is 0 Å². The Morgan fingerprint density at radius 1 is 1.06 bits per heavy atom. The fourth-order valence-corrected chi connectivity index (χ4v) is 9.86. The summed E-state index contributed by atoms with van der Waals surface area (Å²) >= 11 is 0. The molecule has 4 aliphatic rings. The van der Waals surface area contributed by atoms with Crippen LogP contribution in [0.4, 0.5) is 0 Å². The third-order valence-corrected chi connectivity index (χ3v) is 11.2. The van der Waals surface area contributed by atoms with Gasteiger partial charge in [-0.15, -0.1) is 0 Å². The quantitative estimate of drug-likeness (QED) is 0.518. The Morgan fingerprint density at radius 3 is 2.56 bits per heavy atom. The molecule has 0 spiro atoms. The fraction of sp³-hybridized carbons (Fsp3) is 0.645. The summed E-state index contributed by atoms with van der Waals surface area (Å²) < 4.78 is 2.21. The topological polar surface area (TPSA) is 38.1 Å². The summed E-state index contributed by atoms with van der Waals surface area (Å²) in [4.78, 5) is 0. The van der Waals surface area contributed by atoms with Crippen LogP contribution in [-0.4, -0.2) is 21.5 Å². The van der Waals surface area contributed by atoms with Crippen LogP contribution in [0, 0.1) is 40.4 Å². The molecule has 2 saturated carbocycles. The standard InChI is InChI=1S/C31H42N2O/c1-20(19-34)24-12-13-25-23-11-14-27-29(2,3)28-21(18-32-33(28)22-9-7-6-8-10-22)17-31(27,5)26(23)15-16-30(24,25)4/h6-10,14,18,20,23-26,34H,11-13,15-17,19H2,1-5H3/t20-,23+,24-,25+,26+,30-,31-/m1/s1. The van der Waals surface area contributed by atoms with Crippen molar-refractivity contribution in [2.45, 2.75) is 78.6 Å². The van der Waals surface area contributed by atoms with Crippen molar-refractivity contribution in [2.24, 2.45) is 40.4 Å². The van der Waals surface area contributed by atoms with Crippen LogP contribution >= 0.6 is 0 Å². The van der Waals surface area contributed by atoms with E-state index in [1.807, 2.05) is 0 Å². The van der Waals surface area contributed by atoms with Crippen LogP contribution in [-0.2, 0) is 11.8 Å². The maximum Gasteiger partial charge on any atom is 0.0649 e. The van der Waals surface area contributed by atoms with Crippen molar-refractivity contribution < 1.29 is 5.11 Å². The van der Waals surface area contributed by atoms with Crippen molar-refractivity contribution >= 4 is 0 Å². The Bertz CT molecular complexity index is 1110. The summed E-state index contributed by atoms with van der Waals surface area (Å²) in [5.41, 5.74) is 6.25. The second kappa shape index (κ2) is 7.56. The molecule has 6 rings (SSSR count). The molecule has 1 aromatic carbocycles. The molecule has 0 amide bonds. The van der Waals surface area contributed by atoms with E-state index >= 15 is 0 Å². The van der Waals surface area contributed by atoms with Gasteiger partial charge < -0.3 is 5.11 Å². The highest BCUT2D eigenvalue weighted by Gasteiger charge is 2.61. The number of hydrogen-bond donors (Lipinski definition) is 1. The summed E-state index contributed by atoms with van der Waals surface area (Å²) in [7, 11) is 0. The highest BCUT2D eigenvalue weighted by molar-refractivity contribution is 5.49. The van der Waals surface area contributed by atoms with Crippen molar-refractivity contribution in [1.82, 2.24) is 9.78 Å². The predicted molar refractivity (Wildman–Crippen MR) is 138 cm³/mol. The molecule has 1 N–H and O–H groups in total. The molecule has 0 radical (unpaired) electrons. The fourth-order valence-electron chi connectivity index (χ4n) is 9.86. The van der Waals surface area contributed by atoms with Gasteiger partial charge in [-0.1, -0.05) is 64.5 Å². The van der Waals surface area contributed by atoms with Crippen molar-refractivity contribution in [3.05, 3.63) is 59.4 Å². The number of aliphatic hydroxyl groups is 1. The summed E-state index contributed by atoms with van der Waals surface area (Å²) in [5, 5.41) is 14.9. The van der Waals surface area contributed by atoms with Gasteiger partial charge in [0.15, 0.2) is 0 Å². The van der Waals surface area contributed by atoms with Gasteiger partial charge >= 0.3 is 0 Å². The average molecular weight is 459 g/mol. The molecule has 182 valence electrons. The average Bonchev–Trinajstić information content (AvgIpc) is 3.40. The van der Waals surface area contributed by atoms with E-state index in [9.17, 15) is 5.11 Å². The van der Waals surface area contributed by atoms with Gasteiger partial charge in [-0.3, -0.25) is 0 Å². The number of para-hydroxylation sites is 1. The summed E-state index contributed by atoms with van der Waals surface area (Å²) in [6.07, 6.45) is 12.5. The van der Waals surface area contributed by atoms with Crippen molar-refractivity contribution in [2.75, 3.05) is 6.61 Å². The van der Waals surface area contributed by atoms with Crippen LogP contribution in [0.15, 0.2) is 48.2 Å². The summed E-state index contributed by atoms with van der Waals surface area (Å²) in [5.74, 6) is 3.44. The van der Waals surface area contributed by atoms with Crippen LogP contribution < -0.4 is 0 Å². The zero-order valence-corrected chi connectivity index (χ0v) is 21.7. The third kappa shape index (κ3) is 2.89. The van der Waals surface area contributed by atoms with Gasteiger partial charge in [0.25, 0.3) is 0 Å². The molecule has 34 heavy (non-hydrogen) atoms. The van der Waals surface area contributed by atoms with E-state index in [1.165, 1.54) is 43.4 Å². The molecule has 3 nitrogen and oxygen atoms in total. The number of aromatic nitrogens is 2. The lowest BCUT2D eigenvalue weighted by atomic mass is 9.44. The molecule has 2 fully saturated rings. The van der Waals surface area contributed by atoms with E-state index in [1.54, 1.807) is 5.57 Å². The lowest BCUT2D eigenvalue weighted by molar-refractivity contribution is -0.0517. The van der Waals surface area contributed by atoms with E-state index in [2.05, 4.69) is 81.9 Å². The third-order valence-electron chi connectivity index (χ3n) is 11.2. The number of aliphatic hydroxyl groups excluding tert-OH is 1. The van der Waals surface area contributed by atoms with Gasteiger partial charge in [0, 0.05) is 12.0 Å². The number of rotatable bonds is 3. The van der Waals surface area contributed by atoms with Gasteiger partial charge in [-0.05, 0) is 96.6 Å². The van der Waals surface area contributed by atoms with Crippen LogP contribution in [0.5, 0.6) is 0 Å². The Morgan fingerprint density at radius 2 is 1.82 bits per heavy atom. The Balaban J connectivity index is 1.39. The highest BCUT2D eigenvalue weighted by atomic mass is 16.3. The molecule has 4 aliphatic carbocycles. The first-order valence-electron chi connectivity index (χ1n) is 13.7. The maximum atomic E-state index is 9.95. The van der Waals surface area contributed by atoms with E-state index in [0.29, 0.717) is 23.9 Å². The minimum absolute atomic E-state index is 0.0238.